The van der Waals surface area contributed by atoms with Crippen molar-refractivity contribution < 1.29 is 42.9 Å². The first kappa shape index (κ1) is 32.6. The summed E-state index contributed by atoms with van der Waals surface area (Å²) in [5, 5.41) is 8.44. The number of guanidine groups is 2. The molecule has 0 saturated carbocycles. The van der Waals surface area contributed by atoms with Crippen LogP contribution in [0.4, 0.5) is 0 Å². The van der Waals surface area contributed by atoms with Crippen LogP contribution < -0.4 is 39.7 Å². The summed E-state index contributed by atoms with van der Waals surface area (Å²) in [7, 11) is 4.39. The van der Waals surface area contributed by atoms with E-state index in [0.29, 0.717) is 18.0 Å². The number of hydrogen-bond donors (Lipinski definition) is 2. The molecule has 2 aliphatic heterocycles. The second-order valence-corrected chi connectivity index (χ2v) is 10.2. The summed E-state index contributed by atoms with van der Waals surface area (Å²) in [5.41, 5.74) is 6.42. The number of rotatable bonds is 10. The summed E-state index contributed by atoms with van der Waals surface area (Å²) in [6.45, 7) is 17.2. The fourth-order valence-electron chi connectivity index (χ4n) is 5.54. The minimum Gasteiger partial charge on any atom is -1.00 e. The van der Waals surface area contributed by atoms with Gasteiger partial charge in [0, 0.05) is 20.1 Å². The normalized spacial score (nSPS) is 20.7. The molecule has 33 heavy (non-hydrogen) atoms. The number of piperidine rings is 1. The highest BCUT2D eigenvalue weighted by atomic mass is 79.9. The second kappa shape index (κ2) is 15.6. The largest absolute Gasteiger partial charge is 1.00 e. The first-order chi connectivity index (χ1) is 14.8. The first-order valence-corrected chi connectivity index (χ1v) is 12.9. The lowest BCUT2D eigenvalue weighted by Gasteiger charge is -2.40. The van der Waals surface area contributed by atoms with Gasteiger partial charge in [0.2, 0.25) is 5.96 Å². The van der Waals surface area contributed by atoms with Gasteiger partial charge >= 0.3 is 0 Å². The van der Waals surface area contributed by atoms with Gasteiger partial charge in [-0.1, -0.05) is 0 Å². The van der Waals surface area contributed by atoms with E-state index in [-0.39, 0.29) is 34.0 Å². The van der Waals surface area contributed by atoms with Crippen LogP contribution in [0.25, 0.3) is 0 Å². The number of hydrogen-bond acceptors (Lipinski definition) is 1. The van der Waals surface area contributed by atoms with Crippen molar-refractivity contribution in [3.8, 4) is 0 Å². The van der Waals surface area contributed by atoms with Crippen molar-refractivity contribution >= 4 is 11.9 Å². The molecule has 0 amide bonds. The van der Waals surface area contributed by atoms with E-state index in [1.165, 1.54) is 56.2 Å². The molecule has 3 N–H and O–H groups in total. The molecule has 0 aliphatic carbocycles. The van der Waals surface area contributed by atoms with Gasteiger partial charge in [0.1, 0.15) is 0 Å². The Balaban J connectivity index is 0.00000512. The number of nitrogens with two attached hydrogens (primary N) is 1. The van der Waals surface area contributed by atoms with Crippen LogP contribution in [0.1, 0.15) is 65.7 Å². The van der Waals surface area contributed by atoms with Crippen LogP contribution in [0.5, 0.6) is 0 Å². The zero-order valence-corrected chi connectivity index (χ0v) is 25.1. The Bertz CT molecular complexity index is 581. The molecule has 7 nitrogen and oxygen atoms in total. The van der Waals surface area contributed by atoms with Gasteiger partial charge in [-0.15, -0.1) is 0 Å². The Kier molecular flexibility index (Phi) is 15.4. The van der Waals surface area contributed by atoms with Gasteiger partial charge < -0.3 is 58.5 Å². The second-order valence-electron chi connectivity index (χ2n) is 10.2. The Hall–Kier alpha value is -0.380. The van der Waals surface area contributed by atoms with Crippen LogP contribution in [0.2, 0.25) is 0 Å². The number of halogens is 2. The zero-order valence-electron chi connectivity index (χ0n) is 22.0. The summed E-state index contributed by atoms with van der Waals surface area (Å²) in [5.74, 6) is 0.830. The van der Waals surface area contributed by atoms with Crippen molar-refractivity contribution in [2.45, 2.75) is 71.8 Å². The maximum atomic E-state index is 8.44. The lowest BCUT2D eigenvalue weighted by Crippen LogP contribution is -3.00. The highest BCUT2D eigenvalue weighted by molar-refractivity contribution is 5.92. The molecule has 0 spiro atoms. The molecule has 2 aliphatic rings. The van der Waals surface area contributed by atoms with E-state index in [0.717, 1.165) is 56.6 Å². The molecule has 2 heterocycles. The number of unbranched alkanes of at least 4 members (excludes halogenated alkanes) is 1. The SMILES string of the molecule is CC[N+](CC)(CC)CC1CCCN1C(N)=NC(=N)N(C)CCCC[N+]1(C)CCCCC1.[Br-].[Br-]. The molecular weight excluding hydrogens is 546 g/mol. The fraction of sp³-hybridized carbons (Fsp3) is 0.917. The third kappa shape index (κ3) is 9.65. The molecule has 0 bridgehead atoms. The quantitative estimate of drug-likeness (QED) is 0.122. The number of quaternary nitrogens is 2. The van der Waals surface area contributed by atoms with Crippen LogP contribution in [0.15, 0.2) is 4.99 Å². The van der Waals surface area contributed by atoms with Gasteiger partial charge in [-0.05, 0) is 65.7 Å². The lowest BCUT2D eigenvalue weighted by molar-refractivity contribution is -0.924. The van der Waals surface area contributed by atoms with Crippen LogP contribution >= 0.6 is 0 Å². The molecule has 0 aromatic carbocycles. The van der Waals surface area contributed by atoms with Crippen molar-refractivity contribution in [2.24, 2.45) is 10.7 Å². The Morgan fingerprint density at radius 2 is 1.67 bits per heavy atom. The van der Waals surface area contributed by atoms with E-state index in [1.54, 1.807) is 0 Å². The number of likely N-dealkylation sites (N-methyl/N-ethyl adjacent to an activating group) is 1. The third-order valence-corrected chi connectivity index (χ3v) is 8.20. The fourth-order valence-corrected chi connectivity index (χ4v) is 5.54. The highest BCUT2D eigenvalue weighted by Crippen LogP contribution is 2.21. The zero-order chi connectivity index (χ0) is 22.9. The van der Waals surface area contributed by atoms with Crippen molar-refractivity contribution in [1.29, 1.82) is 5.41 Å². The van der Waals surface area contributed by atoms with E-state index in [1.807, 2.05) is 11.9 Å². The maximum Gasteiger partial charge on any atom is 0.220 e. The number of nitrogens with zero attached hydrogens (tertiary/aromatic N) is 5. The average molecular weight is 598 g/mol. The molecule has 1 unspecified atom stereocenters. The molecule has 0 radical (unpaired) electrons. The van der Waals surface area contributed by atoms with Crippen LogP contribution in [-0.2, 0) is 0 Å². The number of likely N-dealkylation sites (tertiary alicyclic amines) is 2. The van der Waals surface area contributed by atoms with Crippen molar-refractivity contribution in [1.82, 2.24) is 9.80 Å². The molecule has 0 aromatic rings. The van der Waals surface area contributed by atoms with Gasteiger partial charge in [-0.25, -0.2) is 0 Å². The Morgan fingerprint density at radius 3 is 2.24 bits per heavy atom. The smallest absolute Gasteiger partial charge is 0.220 e. The highest BCUT2D eigenvalue weighted by Gasteiger charge is 2.34. The van der Waals surface area contributed by atoms with Gasteiger partial charge in [0.15, 0.2) is 5.96 Å². The third-order valence-electron chi connectivity index (χ3n) is 8.20. The monoisotopic (exact) mass is 595 g/mol. The van der Waals surface area contributed by atoms with Crippen molar-refractivity contribution in [3.63, 3.8) is 0 Å². The van der Waals surface area contributed by atoms with E-state index in [2.05, 4.69) is 37.7 Å². The van der Waals surface area contributed by atoms with E-state index in [4.69, 9.17) is 11.1 Å². The molecule has 2 fully saturated rings. The molecule has 2 rings (SSSR count). The van der Waals surface area contributed by atoms with Gasteiger partial charge in [0.25, 0.3) is 0 Å². The lowest BCUT2D eigenvalue weighted by atomic mass is 10.1. The Labute approximate surface area is 225 Å². The van der Waals surface area contributed by atoms with Crippen molar-refractivity contribution in [2.75, 3.05) is 73.0 Å². The summed E-state index contributed by atoms with van der Waals surface area (Å²) < 4.78 is 2.36. The number of aliphatic imine (C=N–C) groups is 1. The molecule has 9 heteroatoms. The van der Waals surface area contributed by atoms with E-state index in [9.17, 15) is 0 Å². The average Bonchev–Trinajstić information content (AvgIpc) is 3.23. The molecule has 196 valence electrons. The molecular formula is C24H51Br2N7. The predicted octanol–water partition coefficient (Wildman–Crippen LogP) is -3.07. The van der Waals surface area contributed by atoms with Crippen LogP contribution in [0, 0.1) is 5.41 Å². The Morgan fingerprint density at radius 1 is 1.06 bits per heavy atom. The molecule has 2 saturated heterocycles. The van der Waals surface area contributed by atoms with Crippen molar-refractivity contribution in [3.05, 3.63) is 0 Å². The predicted molar refractivity (Wildman–Crippen MR) is 132 cm³/mol. The minimum atomic E-state index is 0. The first-order valence-electron chi connectivity index (χ1n) is 12.9. The summed E-state index contributed by atoms with van der Waals surface area (Å²) in [6.07, 6.45) is 8.82. The van der Waals surface area contributed by atoms with E-state index >= 15 is 0 Å². The minimum absolute atomic E-state index is 0. The van der Waals surface area contributed by atoms with Gasteiger partial charge in [-0.2, -0.15) is 4.99 Å². The number of nitrogens with one attached hydrogen (secondary N) is 1. The topological polar surface area (TPSA) is 68.7 Å². The van der Waals surface area contributed by atoms with Gasteiger partial charge in [0.05, 0.1) is 58.9 Å². The molecule has 1 atom stereocenters. The summed E-state index contributed by atoms with van der Waals surface area (Å²) in [4.78, 5) is 8.74. The summed E-state index contributed by atoms with van der Waals surface area (Å²) in [6, 6.07) is 0.440. The van der Waals surface area contributed by atoms with Crippen LogP contribution in [0.3, 0.4) is 0 Å². The van der Waals surface area contributed by atoms with Crippen LogP contribution in [-0.4, -0.2) is 110 Å². The maximum absolute atomic E-state index is 8.44. The summed E-state index contributed by atoms with van der Waals surface area (Å²) >= 11 is 0. The van der Waals surface area contributed by atoms with Gasteiger partial charge in [-0.3, -0.25) is 5.41 Å². The standard InChI is InChI=1S/C24H51N7.2BrH/c1-6-31(7-2,8-3)21-22-15-14-17-29(22)24(26)27-23(25)28(4)16-10-13-20-30(5)18-11-9-12-19-30;;/h22H,6-21H2,1-5H3,(H3,25,26,27);2*1H/q+2;;/p-2. The molecule has 0 aromatic heterocycles. The van der Waals surface area contributed by atoms with E-state index < -0.39 is 0 Å².